The van der Waals surface area contributed by atoms with Crippen LogP contribution in [0.15, 0.2) is 115 Å². The van der Waals surface area contributed by atoms with Crippen molar-refractivity contribution in [3.63, 3.8) is 0 Å². The van der Waals surface area contributed by atoms with Gasteiger partial charge in [-0.3, -0.25) is 4.79 Å². The van der Waals surface area contributed by atoms with E-state index < -0.39 is 0 Å². The predicted molar refractivity (Wildman–Crippen MR) is 152 cm³/mol. The van der Waals surface area contributed by atoms with Crippen molar-refractivity contribution in [2.75, 3.05) is 5.32 Å². The Balaban J connectivity index is 1.35. The van der Waals surface area contributed by atoms with Crippen molar-refractivity contribution < 1.29 is 4.79 Å². The third kappa shape index (κ3) is 3.70. The van der Waals surface area contributed by atoms with Gasteiger partial charge < -0.3 is 10.6 Å². The lowest BCUT2D eigenvalue weighted by Gasteiger charge is -2.39. The van der Waals surface area contributed by atoms with Crippen molar-refractivity contribution in [3.8, 4) is 0 Å². The molecule has 2 N–H and O–H groups in total. The topological polar surface area (TPSA) is 41.1 Å². The molecule has 3 unspecified atom stereocenters. The first kappa shape index (κ1) is 21.9. The number of rotatable bonds is 4. The molecular weight excluding hydrogens is 452 g/mol. The summed E-state index contributed by atoms with van der Waals surface area (Å²) in [6.07, 6.45) is 5.68. The van der Waals surface area contributed by atoms with Gasteiger partial charge in [0.05, 0.1) is 17.3 Å². The molecule has 1 amide bonds. The molecule has 5 aromatic rings. The maximum Gasteiger partial charge on any atom is 0.253 e. The number of nitrogens with one attached hydrogen (secondary N) is 2. The minimum atomic E-state index is -0.0462. The molecule has 0 spiro atoms. The van der Waals surface area contributed by atoms with E-state index >= 15 is 0 Å². The smallest absolute Gasteiger partial charge is 0.253 e. The van der Waals surface area contributed by atoms with Gasteiger partial charge in [-0.1, -0.05) is 103 Å². The number of hydrogen-bond donors (Lipinski definition) is 2. The highest BCUT2D eigenvalue weighted by atomic mass is 16.1. The van der Waals surface area contributed by atoms with Gasteiger partial charge in [0, 0.05) is 12.5 Å². The normalized spacial score (nSPS) is 19.8. The SMILES string of the molecule is O=C(NCc1ccccc1)c1cccc2c1NC(c1c3ccccc3cc3ccccc13)C1CC=CC21. The standard InChI is InChI=1S/C34H28N2O/c37-34(35-21-22-10-2-1-3-11-22)30-19-9-17-28-27-16-8-18-29(27)33(36-32(28)30)31-25-14-6-4-12-23(25)20-24-13-5-7-15-26(24)31/h1-17,19-20,27,29,33,36H,18,21H2,(H,35,37). The molecule has 180 valence electrons. The van der Waals surface area contributed by atoms with E-state index in [-0.39, 0.29) is 17.9 Å². The van der Waals surface area contributed by atoms with Gasteiger partial charge in [-0.25, -0.2) is 0 Å². The van der Waals surface area contributed by atoms with Crippen LogP contribution in [0.3, 0.4) is 0 Å². The van der Waals surface area contributed by atoms with Gasteiger partial charge in [0.15, 0.2) is 0 Å². The van der Waals surface area contributed by atoms with Crippen LogP contribution in [-0.4, -0.2) is 5.91 Å². The number of carbonyl (C=O) groups is 1. The number of carbonyl (C=O) groups excluding carboxylic acids is 1. The molecule has 1 heterocycles. The maximum atomic E-state index is 13.5. The van der Waals surface area contributed by atoms with Crippen molar-refractivity contribution >= 4 is 33.1 Å². The lowest BCUT2D eigenvalue weighted by molar-refractivity contribution is 0.0951. The molecule has 37 heavy (non-hydrogen) atoms. The molecule has 1 aliphatic heterocycles. The summed E-state index contributed by atoms with van der Waals surface area (Å²) in [6.45, 7) is 0.507. The molecule has 0 radical (unpaired) electrons. The number of allylic oxidation sites excluding steroid dienone is 2. The van der Waals surface area contributed by atoms with E-state index in [0.717, 1.165) is 17.7 Å². The summed E-state index contributed by atoms with van der Waals surface area (Å²) in [5, 5.41) is 12.1. The maximum absolute atomic E-state index is 13.5. The molecule has 0 bridgehead atoms. The number of para-hydroxylation sites is 1. The Morgan fingerprint density at radius 3 is 2.27 bits per heavy atom. The minimum Gasteiger partial charge on any atom is -0.377 e. The molecular formula is C34H28N2O. The third-order valence-electron chi connectivity index (χ3n) is 8.06. The zero-order valence-corrected chi connectivity index (χ0v) is 20.5. The second-order valence-electron chi connectivity index (χ2n) is 10.1. The summed E-state index contributed by atoms with van der Waals surface area (Å²) >= 11 is 0. The van der Waals surface area contributed by atoms with Gasteiger partial charge in [0.1, 0.15) is 0 Å². The highest BCUT2D eigenvalue weighted by molar-refractivity contribution is 6.04. The van der Waals surface area contributed by atoms with Crippen LogP contribution in [-0.2, 0) is 6.54 Å². The molecule has 0 saturated carbocycles. The molecule has 3 nitrogen and oxygen atoms in total. The third-order valence-corrected chi connectivity index (χ3v) is 8.06. The number of anilines is 1. The van der Waals surface area contributed by atoms with Crippen molar-refractivity contribution in [1.82, 2.24) is 5.32 Å². The molecule has 2 aliphatic rings. The molecule has 7 rings (SSSR count). The number of benzene rings is 5. The summed E-state index contributed by atoms with van der Waals surface area (Å²) in [5.41, 5.74) is 5.31. The van der Waals surface area contributed by atoms with Crippen LogP contribution in [0.5, 0.6) is 0 Å². The Bertz CT molecular complexity index is 1620. The predicted octanol–water partition coefficient (Wildman–Crippen LogP) is 7.75. The number of fused-ring (bicyclic) bond motifs is 5. The summed E-state index contributed by atoms with van der Waals surface area (Å²) in [4.78, 5) is 13.5. The molecule has 3 atom stereocenters. The van der Waals surface area contributed by atoms with Crippen molar-refractivity contribution in [2.45, 2.75) is 24.9 Å². The van der Waals surface area contributed by atoms with Gasteiger partial charge in [-0.2, -0.15) is 0 Å². The Kier molecular flexibility index (Phi) is 5.28. The van der Waals surface area contributed by atoms with Gasteiger partial charge >= 0.3 is 0 Å². The molecule has 0 aromatic heterocycles. The highest BCUT2D eigenvalue weighted by Gasteiger charge is 2.40. The summed E-state index contributed by atoms with van der Waals surface area (Å²) in [7, 11) is 0. The summed E-state index contributed by atoms with van der Waals surface area (Å²) in [5.74, 6) is 0.625. The Labute approximate surface area is 216 Å². The first-order valence-corrected chi connectivity index (χ1v) is 13.1. The second-order valence-corrected chi connectivity index (χ2v) is 10.1. The van der Waals surface area contributed by atoms with E-state index in [9.17, 15) is 4.79 Å². The van der Waals surface area contributed by atoms with E-state index in [1.165, 1.54) is 32.7 Å². The van der Waals surface area contributed by atoms with Gasteiger partial charge in [0.25, 0.3) is 5.91 Å². The van der Waals surface area contributed by atoms with Gasteiger partial charge in [0.2, 0.25) is 0 Å². The molecule has 0 saturated heterocycles. The summed E-state index contributed by atoms with van der Waals surface area (Å²) in [6, 6.07) is 36.0. The Hall–Kier alpha value is -4.37. The highest BCUT2D eigenvalue weighted by Crippen LogP contribution is 2.52. The average Bonchev–Trinajstić information content (AvgIpc) is 3.45. The van der Waals surface area contributed by atoms with Crippen LogP contribution in [0, 0.1) is 5.92 Å². The first-order chi connectivity index (χ1) is 18.3. The van der Waals surface area contributed by atoms with Crippen molar-refractivity contribution in [3.05, 3.63) is 138 Å². The number of hydrogen-bond acceptors (Lipinski definition) is 2. The second kappa shape index (κ2) is 8.94. The average molecular weight is 481 g/mol. The molecule has 0 fully saturated rings. The van der Waals surface area contributed by atoms with Crippen molar-refractivity contribution in [2.24, 2.45) is 5.92 Å². The van der Waals surface area contributed by atoms with E-state index in [2.05, 4.69) is 83.4 Å². The Morgan fingerprint density at radius 1 is 0.811 bits per heavy atom. The van der Waals surface area contributed by atoms with Crippen molar-refractivity contribution in [1.29, 1.82) is 0 Å². The Morgan fingerprint density at radius 2 is 1.51 bits per heavy atom. The van der Waals surface area contributed by atoms with Crippen LogP contribution in [0.4, 0.5) is 5.69 Å². The fourth-order valence-electron chi connectivity index (χ4n) is 6.35. The van der Waals surface area contributed by atoms with Crippen LogP contribution in [0.1, 0.15) is 45.4 Å². The molecule has 5 aromatic carbocycles. The van der Waals surface area contributed by atoms with Crippen LogP contribution < -0.4 is 10.6 Å². The fourth-order valence-corrected chi connectivity index (χ4v) is 6.35. The quantitative estimate of drug-likeness (QED) is 0.204. The van der Waals surface area contributed by atoms with Gasteiger partial charge in [-0.15, -0.1) is 0 Å². The van der Waals surface area contributed by atoms with Crippen LogP contribution >= 0.6 is 0 Å². The zero-order valence-electron chi connectivity index (χ0n) is 20.5. The minimum absolute atomic E-state index is 0.0462. The summed E-state index contributed by atoms with van der Waals surface area (Å²) < 4.78 is 0. The van der Waals surface area contributed by atoms with Crippen LogP contribution in [0.25, 0.3) is 21.5 Å². The lowest BCUT2D eigenvalue weighted by Crippen LogP contribution is -2.32. The van der Waals surface area contributed by atoms with Gasteiger partial charge in [-0.05, 0) is 62.7 Å². The molecule has 1 aliphatic carbocycles. The van der Waals surface area contributed by atoms with E-state index in [4.69, 9.17) is 0 Å². The first-order valence-electron chi connectivity index (χ1n) is 13.1. The molecule has 3 heteroatoms. The zero-order chi connectivity index (χ0) is 24.8. The monoisotopic (exact) mass is 480 g/mol. The van der Waals surface area contributed by atoms with E-state index in [1.54, 1.807) is 0 Å². The van der Waals surface area contributed by atoms with E-state index in [1.807, 2.05) is 42.5 Å². The largest absolute Gasteiger partial charge is 0.377 e. The lowest BCUT2D eigenvalue weighted by atomic mass is 9.74. The van der Waals surface area contributed by atoms with Crippen LogP contribution in [0.2, 0.25) is 0 Å². The number of amides is 1. The fraction of sp³-hybridized carbons (Fsp3) is 0.147. The van der Waals surface area contributed by atoms with E-state index in [0.29, 0.717) is 18.0 Å².